The molecule has 1 aliphatic rings. The van der Waals surface area contributed by atoms with Gasteiger partial charge in [-0.3, -0.25) is 0 Å². The third kappa shape index (κ3) is 6.16. The molecular weight excluding hydrogens is 188 g/mol. The largest absolute Gasteiger partial charge is 0.350 e. The fraction of sp³-hybridized carbons (Fsp3) is 1.00. The molecule has 0 radical (unpaired) electrons. The van der Waals surface area contributed by atoms with Gasteiger partial charge in [0, 0.05) is 0 Å². The Morgan fingerprint density at radius 2 is 1.67 bits per heavy atom. The van der Waals surface area contributed by atoms with Crippen LogP contribution in [-0.4, -0.2) is 19.0 Å². The summed E-state index contributed by atoms with van der Waals surface area (Å²) in [5.74, 6) is 0. The first kappa shape index (κ1) is 13.0. The van der Waals surface area contributed by atoms with Crippen LogP contribution in [0.4, 0.5) is 0 Å². The van der Waals surface area contributed by atoms with E-state index in [1.54, 1.807) is 0 Å². The van der Waals surface area contributed by atoms with Crippen molar-refractivity contribution in [2.75, 3.05) is 6.61 Å². The molecule has 2 atom stereocenters. The third-order valence-electron chi connectivity index (χ3n) is 2.94. The molecule has 0 aromatic carbocycles. The van der Waals surface area contributed by atoms with Gasteiger partial charge < -0.3 is 9.47 Å². The van der Waals surface area contributed by atoms with Crippen molar-refractivity contribution >= 4 is 0 Å². The van der Waals surface area contributed by atoms with Crippen LogP contribution in [0, 0.1) is 0 Å². The summed E-state index contributed by atoms with van der Waals surface area (Å²) in [5.41, 5.74) is 0. The van der Waals surface area contributed by atoms with Crippen molar-refractivity contribution in [2.24, 2.45) is 0 Å². The van der Waals surface area contributed by atoms with E-state index in [0.29, 0.717) is 6.10 Å². The second-order valence-corrected chi connectivity index (χ2v) is 4.62. The summed E-state index contributed by atoms with van der Waals surface area (Å²) in [5, 5.41) is 0. The van der Waals surface area contributed by atoms with Gasteiger partial charge >= 0.3 is 0 Å². The molecule has 0 aromatic rings. The first-order valence-electron chi connectivity index (χ1n) is 6.60. The SMILES string of the molecule is CCCCCCCCC[C@H]1OC[C@@H](C)O1. The molecule has 0 N–H and O–H groups in total. The second-order valence-electron chi connectivity index (χ2n) is 4.62. The molecule has 0 unspecified atom stereocenters. The first-order valence-corrected chi connectivity index (χ1v) is 6.60. The molecular formula is C13H26O2. The van der Waals surface area contributed by atoms with Gasteiger partial charge in [-0.1, -0.05) is 45.4 Å². The molecule has 15 heavy (non-hydrogen) atoms. The van der Waals surface area contributed by atoms with Crippen LogP contribution in [0.1, 0.15) is 65.2 Å². The Balaban J connectivity index is 1.81. The number of unbranched alkanes of at least 4 members (excludes halogenated alkanes) is 6. The van der Waals surface area contributed by atoms with E-state index in [2.05, 4.69) is 13.8 Å². The molecule has 0 aliphatic carbocycles. The van der Waals surface area contributed by atoms with E-state index < -0.39 is 0 Å². The molecule has 1 rings (SSSR count). The minimum absolute atomic E-state index is 0.0932. The maximum Gasteiger partial charge on any atom is 0.158 e. The average molecular weight is 214 g/mol. The van der Waals surface area contributed by atoms with E-state index in [9.17, 15) is 0 Å². The summed E-state index contributed by atoms with van der Waals surface area (Å²) >= 11 is 0. The maximum absolute atomic E-state index is 5.58. The molecule has 90 valence electrons. The van der Waals surface area contributed by atoms with Crippen molar-refractivity contribution in [3.05, 3.63) is 0 Å². The van der Waals surface area contributed by atoms with Crippen LogP contribution in [0.5, 0.6) is 0 Å². The molecule has 0 spiro atoms. The fourth-order valence-corrected chi connectivity index (χ4v) is 2.00. The number of rotatable bonds is 8. The summed E-state index contributed by atoms with van der Waals surface area (Å²) in [6.45, 7) is 5.11. The highest BCUT2D eigenvalue weighted by atomic mass is 16.7. The molecule has 0 bridgehead atoms. The summed E-state index contributed by atoms with van der Waals surface area (Å²) in [7, 11) is 0. The van der Waals surface area contributed by atoms with Crippen LogP contribution in [0.3, 0.4) is 0 Å². The minimum atomic E-state index is 0.0932. The Kier molecular flexibility index (Phi) is 7.03. The van der Waals surface area contributed by atoms with Crippen LogP contribution in [-0.2, 0) is 9.47 Å². The Morgan fingerprint density at radius 1 is 1.00 bits per heavy atom. The van der Waals surface area contributed by atoms with Crippen LogP contribution >= 0.6 is 0 Å². The van der Waals surface area contributed by atoms with Crippen molar-refractivity contribution in [1.82, 2.24) is 0 Å². The lowest BCUT2D eigenvalue weighted by atomic mass is 10.1. The van der Waals surface area contributed by atoms with Gasteiger partial charge in [-0.05, 0) is 19.8 Å². The van der Waals surface area contributed by atoms with Crippen LogP contribution in [0.15, 0.2) is 0 Å². The zero-order chi connectivity index (χ0) is 10.9. The topological polar surface area (TPSA) is 18.5 Å². The lowest BCUT2D eigenvalue weighted by Gasteiger charge is -2.09. The summed E-state index contributed by atoms with van der Waals surface area (Å²) in [6.07, 6.45) is 11.0. The number of hydrogen-bond acceptors (Lipinski definition) is 2. The minimum Gasteiger partial charge on any atom is -0.350 e. The van der Waals surface area contributed by atoms with Gasteiger partial charge in [-0.25, -0.2) is 0 Å². The van der Waals surface area contributed by atoms with Crippen molar-refractivity contribution in [3.63, 3.8) is 0 Å². The maximum atomic E-state index is 5.58. The van der Waals surface area contributed by atoms with E-state index in [-0.39, 0.29) is 6.29 Å². The van der Waals surface area contributed by atoms with Gasteiger partial charge in [-0.2, -0.15) is 0 Å². The second kappa shape index (κ2) is 8.12. The lowest BCUT2D eigenvalue weighted by molar-refractivity contribution is -0.0604. The Morgan fingerprint density at radius 3 is 2.27 bits per heavy atom. The number of hydrogen-bond donors (Lipinski definition) is 0. The standard InChI is InChI=1S/C13H26O2/c1-3-4-5-6-7-8-9-10-13-14-11-12(2)15-13/h12-13H,3-11H2,1-2H3/t12-,13+/m1/s1. The molecule has 2 nitrogen and oxygen atoms in total. The van der Waals surface area contributed by atoms with Gasteiger partial charge in [0.15, 0.2) is 6.29 Å². The van der Waals surface area contributed by atoms with Crippen LogP contribution in [0.2, 0.25) is 0 Å². The molecule has 1 saturated heterocycles. The highest BCUT2D eigenvalue weighted by Crippen LogP contribution is 2.17. The average Bonchev–Trinajstić information content (AvgIpc) is 2.63. The van der Waals surface area contributed by atoms with Gasteiger partial charge in [0.2, 0.25) is 0 Å². The van der Waals surface area contributed by atoms with Crippen LogP contribution < -0.4 is 0 Å². The predicted octanol–water partition coefficient (Wildman–Crippen LogP) is 3.89. The molecule has 0 saturated carbocycles. The van der Waals surface area contributed by atoms with Crippen molar-refractivity contribution in [1.29, 1.82) is 0 Å². The predicted molar refractivity (Wildman–Crippen MR) is 62.9 cm³/mol. The van der Waals surface area contributed by atoms with Gasteiger partial charge in [0.25, 0.3) is 0 Å². The molecule has 0 amide bonds. The van der Waals surface area contributed by atoms with Crippen molar-refractivity contribution < 1.29 is 9.47 Å². The fourth-order valence-electron chi connectivity index (χ4n) is 2.00. The Bertz CT molecular complexity index is 147. The Labute approximate surface area is 94.3 Å². The van der Waals surface area contributed by atoms with Gasteiger partial charge in [0.05, 0.1) is 12.7 Å². The highest BCUT2D eigenvalue weighted by Gasteiger charge is 2.21. The van der Waals surface area contributed by atoms with E-state index >= 15 is 0 Å². The monoisotopic (exact) mass is 214 g/mol. The quantitative estimate of drug-likeness (QED) is 0.571. The molecule has 1 aliphatic heterocycles. The van der Waals surface area contributed by atoms with Crippen molar-refractivity contribution in [2.45, 2.75) is 77.6 Å². The summed E-state index contributed by atoms with van der Waals surface area (Å²) < 4.78 is 11.1. The van der Waals surface area contributed by atoms with Gasteiger partial charge in [-0.15, -0.1) is 0 Å². The van der Waals surface area contributed by atoms with E-state index in [0.717, 1.165) is 13.0 Å². The molecule has 1 heterocycles. The molecule has 0 aromatic heterocycles. The summed E-state index contributed by atoms with van der Waals surface area (Å²) in [4.78, 5) is 0. The van der Waals surface area contributed by atoms with Crippen LogP contribution in [0.25, 0.3) is 0 Å². The normalized spacial score (nSPS) is 26.0. The first-order chi connectivity index (χ1) is 7.33. The lowest BCUT2D eigenvalue weighted by Crippen LogP contribution is -2.08. The molecule has 1 fully saturated rings. The zero-order valence-corrected chi connectivity index (χ0v) is 10.3. The Hall–Kier alpha value is -0.0800. The third-order valence-corrected chi connectivity index (χ3v) is 2.94. The van der Waals surface area contributed by atoms with E-state index in [1.807, 2.05) is 0 Å². The smallest absolute Gasteiger partial charge is 0.158 e. The summed E-state index contributed by atoms with van der Waals surface area (Å²) in [6, 6.07) is 0. The van der Waals surface area contributed by atoms with Gasteiger partial charge in [0.1, 0.15) is 0 Å². The van der Waals surface area contributed by atoms with E-state index in [1.165, 1.54) is 44.9 Å². The van der Waals surface area contributed by atoms with Crippen molar-refractivity contribution in [3.8, 4) is 0 Å². The molecule has 2 heteroatoms. The highest BCUT2D eigenvalue weighted by molar-refractivity contribution is 4.60. The van der Waals surface area contributed by atoms with E-state index in [4.69, 9.17) is 9.47 Å². The number of ether oxygens (including phenoxy) is 2. The zero-order valence-electron chi connectivity index (χ0n) is 10.3.